The monoisotopic (exact) mass is 264 g/mol. The van der Waals surface area contributed by atoms with Gasteiger partial charge >= 0.3 is 0 Å². The number of ketones is 1. The lowest BCUT2D eigenvalue weighted by Gasteiger charge is -2.08. The Kier molecular flexibility index (Phi) is 3.63. The first-order chi connectivity index (χ1) is 8.56. The fourth-order valence-corrected chi connectivity index (χ4v) is 1.67. The number of halogens is 2. The second-order valence-electron chi connectivity index (χ2n) is 3.76. The standard InChI is InChI=1S/C14H10ClFO2/c1-9(17)10-3-2-4-12(7-10)18-14-6-5-11(16)8-13(14)15/h2-8H,1H3. The molecule has 0 spiro atoms. The molecule has 0 saturated heterocycles. The summed E-state index contributed by atoms with van der Waals surface area (Å²) in [6, 6.07) is 10.6. The first-order valence-corrected chi connectivity index (χ1v) is 5.68. The van der Waals surface area contributed by atoms with Crippen molar-refractivity contribution in [1.29, 1.82) is 0 Å². The highest BCUT2D eigenvalue weighted by Crippen LogP contribution is 2.30. The van der Waals surface area contributed by atoms with Crippen molar-refractivity contribution in [2.45, 2.75) is 6.92 Å². The maximum Gasteiger partial charge on any atom is 0.159 e. The van der Waals surface area contributed by atoms with Crippen molar-refractivity contribution in [1.82, 2.24) is 0 Å². The van der Waals surface area contributed by atoms with E-state index in [2.05, 4.69) is 0 Å². The van der Waals surface area contributed by atoms with Crippen LogP contribution in [0, 0.1) is 5.82 Å². The second kappa shape index (κ2) is 5.19. The third kappa shape index (κ3) is 2.87. The predicted octanol–water partition coefficient (Wildman–Crippen LogP) is 4.47. The number of hydrogen-bond acceptors (Lipinski definition) is 2. The average molecular weight is 265 g/mol. The van der Waals surface area contributed by atoms with Crippen LogP contribution in [-0.4, -0.2) is 5.78 Å². The van der Waals surface area contributed by atoms with E-state index in [0.29, 0.717) is 17.1 Å². The Labute approximate surface area is 109 Å². The fraction of sp³-hybridized carbons (Fsp3) is 0.0714. The minimum atomic E-state index is -0.426. The van der Waals surface area contributed by atoms with Gasteiger partial charge in [-0.05, 0) is 37.3 Å². The molecular weight excluding hydrogens is 255 g/mol. The van der Waals surface area contributed by atoms with Gasteiger partial charge in [0, 0.05) is 5.56 Å². The maximum absolute atomic E-state index is 12.9. The molecule has 2 nitrogen and oxygen atoms in total. The Morgan fingerprint density at radius 1 is 1.22 bits per heavy atom. The molecule has 0 aliphatic carbocycles. The molecule has 92 valence electrons. The predicted molar refractivity (Wildman–Crippen MR) is 67.9 cm³/mol. The van der Waals surface area contributed by atoms with E-state index in [4.69, 9.17) is 16.3 Å². The van der Waals surface area contributed by atoms with E-state index in [1.54, 1.807) is 24.3 Å². The van der Waals surface area contributed by atoms with Gasteiger partial charge in [-0.3, -0.25) is 4.79 Å². The highest BCUT2D eigenvalue weighted by atomic mass is 35.5. The van der Waals surface area contributed by atoms with Crippen molar-refractivity contribution in [3.8, 4) is 11.5 Å². The van der Waals surface area contributed by atoms with Gasteiger partial charge in [0.05, 0.1) is 5.02 Å². The molecule has 0 bridgehead atoms. The van der Waals surface area contributed by atoms with Gasteiger partial charge in [-0.15, -0.1) is 0 Å². The zero-order valence-electron chi connectivity index (χ0n) is 9.61. The quantitative estimate of drug-likeness (QED) is 0.765. The van der Waals surface area contributed by atoms with E-state index in [1.165, 1.54) is 25.1 Å². The summed E-state index contributed by atoms with van der Waals surface area (Å²) in [7, 11) is 0. The lowest BCUT2D eigenvalue weighted by molar-refractivity contribution is 0.101. The zero-order valence-corrected chi connectivity index (χ0v) is 10.4. The molecule has 0 radical (unpaired) electrons. The number of rotatable bonds is 3. The van der Waals surface area contributed by atoms with Crippen molar-refractivity contribution in [3.05, 3.63) is 58.9 Å². The average Bonchev–Trinajstić information content (AvgIpc) is 2.33. The van der Waals surface area contributed by atoms with Crippen molar-refractivity contribution < 1.29 is 13.9 Å². The minimum absolute atomic E-state index is 0.0503. The van der Waals surface area contributed by atoms with Gasteiger partial charge in [0.2, 0.25) is 0 Å². The number of benzene rings is 2. The summed E-state index contributed by atoms with van der Waals surface area (Å²) in [4.78, 5) is 11.2. The summed E-state index contributed by atoms with van der Waals surface area (Å²) in [5.74, 6) is 0.352. The van der Waals surface area contributed by atoms with Gasteiger partial charge in [0.1, 0.15) is 17.3 Å². The van der Waals surface area contributed by atoms with E-state index >= 15 is 0 Å². The van der Waals surface area contributed by atoms with Gasteiger partial charge < -0.3 is 4.74 Å². The molecule has 0 atom stereocenters. The fourth-order valence-electron chi connectivity index (χ4n) is 1.46. The van der Waals surface area contributed by atoms with Crippen LogP contribution in [0.3, 0.4) is 0 Å². The molecule has 0 aromatic heterocycles. The summed E-state index contributed by atoms with van der Waals surface area (Å²) in [6.45, 7) is 1.48. The highest BCUT2D eigenvalue weighted by Gasteiger charge is 2.06. The number of carbonyl (C=O) groups is 1. The van der Waals surface area contributed by atoms with Gasteiger partial charge in [-0.2, -0.15) is 0 Å². The Balaban J connectivity index is 2.28. The molecule has 0 amide bonds. The van der Waals surface area contributed by atoms with Crippen molar-refractivity contribution >= 4 is 17.4 Å². The minimum Gasteiger partial charge on any atom is -0.456 e. The number of ether oxygens (including phenoxy) is 1. The molecule has 0 unspecified atom stereocenters. The molecule has 0 aliphatic heterocycles. The van der Waals surface area contributed by atoms with Crippen LogP contribution < -0.4 is 4.74 Å². The van der Waals surface area contributed by atoms with Crippen LogP contribution in [0.1, 0.15) is 17.3 Å². The summed E-state index contributed by atoms with van der Waals surface area (Å²) < 4.78 is 18.4. The third-order valence-electron chi connectivity index (χ3n) is 2.36. The summed E-state index contributed by atoms with van der Waals surface area (Å²) in [5, 5.41) is 0.184. The number of hydrogen-bond donors (Lipinski definition) is 0. The van der Waals surface area contributed by atoms with E-state index in [0.717, 1.165) is 0 Å². The van der Waals surface area contributed by atoms with Crippen molar-refractivity contribution in [3.63, 3.8) is 0 Å². The van der Waals surface area contributed by atoms with Gasteiger partial charge in [0.25, 0.3) is 0 Å². The maximum atomic E-state index is 12.9. The topological polar surface area (TPSA) is 26.3 Å². The number of Topliss-reactive ketones (excluding diaryl/α,β-unsaturated/α-hetero) is 1. The van der Waals surface area contributed by atoms with Crippen molar-refractivity contribution in [2.75, 3.05) is 0 Å². The Bertz CT molecular complexity index is 596. The largest absolute Gasteiger partial charge is 0.456 e. The third-order valence-corrected chi connectivity index (χ3v) is 2.66. The molecule has 0 N–H and O–H groups in total. The smallest absolute Gasteiger partial charge is 0.159 e. The molecule has 4 heteroatoms. The SMILES string of the molecule is CC(=O)c1cccc(Oc2ccc(F)cc2Cl)c1. The van der Waals surface area contributed by atoms with Gasteiger partial charge in [0.15, 0.2) is 5.78 Å². The molecule has 2 aromatic carbocycles. The lowest BCUT2D eigenvalue weighted by atomic mass is 10.1. The van der Waals surface area contributed by atoms with E-state index in [9.17, 15) is 9.18 Å². The van der Waals surface area contributed by atoms with Gasteiger partial charge in [-0.1, -0.05) is 23.7 Å². The van der Waals surface area contributed by atoms with Crippen LogP contribution >= 0.6 is 11.6 Å². The van der Waals surface area contributed by atoms with Crippen LogP contribution in [0.5, 0.6) is 11.5 Å². The van der Waals surface area contributed by atoms with Crippen LogP contribution in [0.15, 0.2) is 42.5 Å². The summed E-state index contributed by atoms with van der Waals surface area (Å²) in [6.07, 6.45) is 0. The molecule has 0 fully saturated rings. The van der Waals surface area contributed by atoms with E-state index < -0.39 is 5.82 Å². The number of carbonyl (C=O) groups excluding carboxylic acids is 1. The van der Waals surface area contributed by atoms with Crippen LogP contribution in [0.2, 0.25) is 5.02 Å². The molecule has 0 heterocycles. The van der Waals surface area contributed by atoms with Crippen LogP contribution in [-0.2, 0) is 0 Å². The first kappa shape index (κ1) is 12.6. The first-order valence-electron chi connectivity index (χ1n) is 5.30. The molecule has 2 aromatic rings. The Morgan fingerprint density at radius 2 is 2.00 bits per heavy atom. The molecular formula is C14H10ClFO2. The van der Waals surface area contributed by atoms with E-state index in [-0.39, 0.29) is 10.8 Å². The second-order valence-corrected chi connectivity index (χ2v) is 4.17. The molecule has 18 heavy (non-hydrogen) atoms. The Morgan fingerprint density at radius 3 is 2.67 bits per heavy atom. The van der Waals surface area contributed by atoms with E-state index in [1.807, 2.05) is 0 Å². The van der Waals surface area contributed by atoms with Crippen LogP contribution in [0.25, 0.3) is 0 Å². The van der Waals surface area contributed by atoms with Crippen molar-refractivity contribution in [2.24, 2.45) is 0 Å². The molecule has 2 rings (SSSR count). The summed E-state index contributed by atoms with van der Waals surface area (Å²) >= 11 is 5.85. The summed E-state index contributed by atoms with van der Waals surface area (Å²) in [5.41, 5.74) is 0.547. The highest BCUT2D eigenvalue weighted by molar-refractivity contribution is 6.32. The zero-order chi connectivity index (χ0) is 13.1. The normalized spacial score (nSPS) is 10.2. The molecule has 0 aliphatic rings. The molecule has 0 saturated carbocycles. The Hall–Kier alpha value is -1.87. The van der Waals surface area contributed by atoms with Crippen LogP contribution in [0.4, 0.5) is 4.39 Å². The lowest BCUT2D eigenvalue weighted by Crippen LogP contribution is -1.93. The van der Waals surface area contributed by atoms with Gasteiger partial charge in [-0.25, -0.2) is 4.39 Å².